The number of aliphatic hydroxyl groups excluding tert-OH is 2. The van der Waals surface area contributed by atoms with Gasteiger partial charge in [-0.25, -0.2) is 4.98 Å². The average Bonchev–Trinajstić information content (AvgIpc) is 3.13. The fraction of sp³-hybridized carbons (Fsp3) is 0.286. The summed E-state index contributed by atoms with van der Waals surface area (Å²) < 4.78 is 0.886. The zero-order valence-corrected chi connectivity index (χ0v) is 15.8. The number of aliphatic hydroxyl groups is 2. The molecule has 0 saturated heterocycles. The van der Waals surface area contributed by atoms with Crippen molar-refractivity contribution in [3.8, 4) is 6.07 Å². The summed E-state index contributed by atoms with van der Waals surface area (Å²) in [4.78, 5) is 17.0. The molecule has 4 rings (SSSR count). The lowest BCUT2D eigenvalue weighted by Crippen LogP contribution is -2.54. The number of para-hydroxylation sites is 1. The molecule has 1 heterocycles. The molecule has 0 spiro atoms. The number of benzene rings is 2. The highest BCUT2D eigenvalue weighted by Gasteiger charge is 2.42. The molecule has 142 valence electrons. The van der Waals surface area contributed by atoms with Crippen molar-refractivity contribution in [2.45, 2.75) is 37.0 Å². The standard InChI is InChI=1S/C21H19N3O3S/c22-12-13-6-8-14(9-7-13)21(10-3-11-21)24-19(27)17(25)18(26)20-23-15-4-1-2-5-16(15)28-20/h1-2,4-9,17-18,25-26H,3,10-11H2,(H,24,27). The highest BCUT2D eigenvalue weighted by molar-refractivity contribution is 7.18. The lowest BCUT2D eigenvalue weighted by molar-refractivity contribution is -0.138. The summed E-state index contributed by atoms with van der Waals surface area (Å²) in [6.07, 6.45) is -0.563. The molecule has 2 unspecified atom stereocenters. The molecule has 1 aliphatic rings. The Morgan fingerprint density at radius 2 is 1.89 bits per heavy atom. The molecular weight excluding hydrogens is 374 g/mol. The molecule has 0 radical (unpaired) electrons. The minimum absolute atomic E-state index is 0.310. The van der Waals surface area contributed by atoms with E-state index in [4.69, 9.17) is 5.26 Å². The summed E-state index contributed by atoms with van der Waals surface area (Å²) in [6, 6.07) is 16.6. The fourth-order valence-electron chi connectivity index (χ4n) is 3.48. The van der Waals surface area contributed by atoms with E-state index in [1.807, 2.05) is 36.4 Å². The smallest absolute Gasteiger partial charge is 0.252 e. The zero-order valence-electron chi connectivity index (χ0n) is 15.0. The van der Waals surface area contributed by atoms with Gasteiger partial charge in [0, 0.05) is 0 Å². The van der Waals surface area contributed by atoms with Gasteiger partial charge >= 0.3 is 0 Å². The van der Waals surface area contributed by atoms with Crippen LogP contribution >= 0.6 is 11.3 Å². The second-order valence-corrected chi connectivity index (χ2v) is 8.09. The van der Waals surface area contributed by atoms with Gasteiger partial charge in [0.2, 0.25) is 0 Å². The first-order chi connectivity index (χ1) is 13.5. The zero-order chi connectivity index (χ0) is 19.7. The molecule has 2 atom stereocenters. The van der Waals surface area contributed by atoms with Crippen LogP contribution in [-0.4, -0.2) is 27.2 Å². The SMILES string of the molecule is N#Cc1ccc(C2(NC(=O)C(O)C(O)c3nc4ccccc4s3)CCC2)cc1. The quantitative estimate of drug-likeness (QED) is 0.618. The van der Waals surface area contributed by atoms with Crippen molar-refractivity contribution < 1.29 is 15.0 Å². The third-order valence-corrected chi connectivity index (χ3v) is 6.37. The molecule has 2 aromatic carbocycles. The molecule has 0 bridgehead atoms. The number of amides is 1. The van der Waals surface area contributed by atoms with Crippen LogP contribution in [0.4, 0.5) is 0 Å². The van der Waals surface area contributed by atoms with Gasteiger partial charge in [0.25, 0.3) is 5.91 Å². The molecule has 3 aromatic rings. The first-order valence-electron chi connectivity index (χ1n) is 9.07. The van der Waals surface area contributed by atoms with Crippen LogP contribution in [0.25, 0.3) is 10.2 Å². The molecule has 1 aliphatic carbocycles. The molecular formula is C21H19N3O3S. The summed E-state index contributed by atoms with van der Waals surface area (Å²) in [5.41, 5.74) is 1.60. The molecule has 1 saturated carbocycles. The van der Waals surface area contributed by atoms with Crippen LogP contribution in [0.5, 0.6) is 0 Å². The molecule has 6 nitrogen and oxygen atoms in total. The van der Waals surface area contributed by atoms with Crippen LogP contribution in [0.2, 0.25) is 0 Å². The van der Waals surface area contributed by atoms with Crippen LogP contribution in [0, 0.1) is 11.3 Å². The van der Waals surface area contributed by atoms with E-state index >= 15 is 0 Å². The minimum Gasteiger partial charge on any atom is -0.383 e. The van der Waals surface area contributed by atoms with E-state index in [0.717, 1.165) is 35.0 Å². The van der Waals surface area contributed by atoms with Gasteiger partial charge in [0.1, 0.15) is 11.1 Å². The number of aromatic nitrogens is 1. The van der Waals surface area contributed by atoms with Crippen LogP contribution in [0.1, 0.15) is 41.5 Å². The Bertz CT molecular complexity index is 1020. The Balaban J connectivity index is 1.51. The van der Waals surface area contributed by atoms with Crippen molar-refractivity contribution in [2.75, 3.05) is 0 Å². The number of thiazole rings is 1. The second-order valence-electron chi connectivity index (χ2n) is 7.02. The summed E-state index contributed by atoms with van der Waals surface area (Å²) in [7, 11) is 0. The third-order valence-electron chi connectivity index (χ3n) is 5.27. The van der Waals surface area contributed by atoms with Gasteiger partial charge in [-0.15, -0.1) is 11.3 Å². The van der Waals surface area contributed by atoms with Crippen molar-refractivity contribution in [1.82, 2.24) is 10.3 Å². The van der Waals surface area contributed by atoms with Crippen molar-refractivity contribution >= 4 is 27.5 Å². The number of carbonyl (C=O) groups excluding carboxylic acids is 1. The Morgan fingerprint density at radius 1 is 1.18 bits per heavy atom. The average molecular weight is 393 g/mol. The number of nitriles is 1. The number of nitrogens with one attached hydrogen (secondary N) is 1. The Kier molecular flexibility index (Phi) is 4.85. The summed E-state index contributed by atoms with van der Waals surface area (Å²) in [5.74, 6) is -0.629. The normalized spacial score (nSPS) is 17.3. The highest BCUT2D eigenvalue weighted by Crippen LogP contribution is 2.41. The summed E-state index contributed by atoms with van der Waals surface area (Å²) >= 11 is 1.26. The predicted octanol–water partition coefficient (Wildman–Crippen LogP) is 2.76. The summed E-state index contributed by atoms with van der Waals surface area (Å²) in [5, 5.41) is 33.1. The second kappa shape index (κ2) is 7.32. The molecule has 3 N–H and O–H groups in total. The van der Waals surface area contributed by atoms with E-state index in [1.54, 1.807) is 12.1 Å². The number of carbonyl (C=O) groups is 1. The molecule has 0 aliphatic heterocycles. The Labute approximate surface area is 166 Å². The molecule has 7 heteroatoms. The topological polar surface area (TPSA) is 106 Å². The number of rotatable bonds is 5. The molecule has 1 amide bonds. The van der Waals surface area contributed by atoms with Crippen molar-refractivity contribution in [3.63, 3.8) is 0 Å². The first kappa shape index (κ1) is 18.6. The minimum atomic E-state index is -1.61. The monoisotopic (exact) mass is 393 g/mol. The maximum atomic E-state index is 12.7. The maximum absolute atomic E-state index is 12.7. The number of hydrogen-bond acceptors (Lipinski definition) is 6. The number of hydrogen-bond donors (Lipinski definition) is 3. The van der Waals surface area contributed by atoms with Gasteiger partial charge in [0.05, 0.1) is 27.4 Å². The van der Waals surface area contributed by atoms with Crippen molar-refractivity contribution in [2.24, 2.45) is 0 Å². The first-order valence-corrected chi connectivity index (χ1v) is 9.88. The largest absolute Gasteiger partial charge is 0.383 e. The lowest BCUT2D eigenvalue weighted by Gasteiger charge is -2.43. The molecule has 28 heavy (non-hydrogen) atoms. The van der Waals surface area contributed by atoms with E-state index in [9.17, 15) is 15.0 Å². The third kappa shape index (κ3) is 3.27. The Hall–Kier alpha value is -2.79. The van der Waals surface area contributed by atoms with Gasteiger partial charge in [-0.3, -0.25) is 4.79 Å². The van der Waals surface area contributed by atoms with E-state index in [1.165, 1.54) is 11.3 Å². The van der Waals surface area contributed by atoms with Gasteiger partial charge in [-0.2, -0.15) is 5.26 Å². The predicted molar refractivity (Wildman–Crippen MR) is 105 cm³/mol. The van der Waals surface area contributed by atoms with E-state index in [0.29, 0.717) is 10.6 Å². The van der Waals surface area contributed by atoms with E-state index in [2.05, 4.69) is 16.4 Å². The van der Waals surface area contributed by atoms with Gasteiger partial charge in [-0.1, -0.05) is 24.3 Å². The molecule has 1 aromatic heterocycles. The maximum Gasteiger partial charge on any atom is 0.252 e. The van der Waals surface area contributed by atoms with E-state index in [-0.39, 0.29) is 0 Å². The van der Waals surface area contributed by atoms with Crippen LogP contribution in [0.15, 0.2) is 48.5 Å². The van der Waals surface area contributed by atoms with Gasteiger partial charge in [0.15, 0.2) is 6.10 Å². The highest BCUT2D eigenvalue weighted by atomic mass is 32.1. The summed E-state index contributed by atoms with van der Waals surface area (Å²) in [6.45, 7) is 0. The van der Waals surface area contributed by atoms with Crippen molar-refractivity contribution in [3.05, 3.63) is 64.7 Å². The van der Waals surface area contributed by atoms with Crippen LogP contribution < -0.4 is 5.32 Å². The van der Waals surface area contributed by atoms with Crippen molar-refractivity contribution in [1.29, 1.82) is 5.26 Å². The van der Waals surface area contributed by atoms with Gasteiger partial charge in [-0.05, 0) is 49.1 Å². The van der Waals surface area contributed by atoms with E-state index < -0.39 is 23.7 Å². The van der Waals surface area contributed by atoms with Crippen LogP contribution in [-0.2, 0) is 10.3 Å². The fourth-order valence-corrected chi connectivity index (χ4v) is 4.47. The number of nitrogens with zero attached hydrogens (tertiary/aromatic N) is 2. The van der Waals surface area contributed by atoms with Crippen LogP contribution in [0.3, 0.4) is 0 Å². The Morgan fingerprint density at radius 3 is 2.50 bits per heavy atom. The lowest BCUT2D eigenvalue weighted by atomic mass is 9.71. The van der Waals surface area contributed by atoms with Gasteiger partial charge < -0.3 is 15.5 Å². The number of fused-ring (bicyclic) bond motifs is 1. The molecule has 1 fully saturated rings.